The summed E-state index contributed by atoms with van der Waals surface area (Å²) in [5, 5.41) is 12.7. The molecular formula is C11H10N4O3S. The maximum absolute atomic E-state index is 11.0. The predicted octanol–water partition coefficient (Wildman–Crippen LogP) is 1.13. The highest BCUT2D eigenvalue weighted by atomic mass is 32.1. The van der Waals surface area contributed by atoms with E-state index in [0.717, 1.165) is 17.1 Å². The third-order valence-corrected chi connectivity index (χ3v) is 2.63. The molecule has 3 N–H and O–H groups in total. The van der Waals surface area contributed by atoms with Crippen molar-refractivity contribution in [3.05, 3.63) is 41.7 Å². The van der Waals surface area contributed by atoms with Crippen molar-refractivity contribution < 1.29 is 14.7 Å². The Balaban J connectivity index is 2.08. The fraction of sp³-hybridized carbons (Fsp3) is 0.0909. The molecular weight excluding hydrogens is 268 g/mol. The molecule has 98 valence electrons. The fourth-order valence-corrected chi connectivity index (χ4v) is 1.69. The summed E-state index contributed by atoms with van der Waals surface area (Å²) >= 11 is 0.897. The first-order chi connectivity index (χ1) is 9.16. The number of carbonyl (C=O) groups is 1. The van der Waals surface area contributed by atoms with Crippen molar-refractivity contribution in [3.63, 3.8) is 0 Å². The number of aromatic nitrogens is 2. The largest absolute Gasteiger partial charge is 0.476 e. The van der Waals surface area contributed by atoms with E-state index in [0.29, 0.717) is 0 Å². The summed E-state index contributed by atoms with van der Waals surface area (Å²) in [6.45, 7) is 0.164. The molecule has 0 bridgehead atoms. The van der Waals surface area contributed by atoms with E-state index in [9.17, 15) is 4.79 Å². The average Bonchev–Trinajstić information content (AvgIpc) is 2.82. The highest BCUT2D eigenvalue weighted by molar-refractivity contribution is 7.09. The van der Waals surface area contributed by atoms with Gasteiger partial charge in [-0.2, -0.15) is 9.36 Å². The van der Waals surface area contributed by atoms with Crippen LogP contribution < -0.4 is 5.73 Å². The molecule has 0 amide bonds. The molecule has 0 radical (unpaired) electrons. The van der Waals surface area contributed by atoms with Gasteiger partial charge in [0.1, 0.15) is 6.61 Å². The summed E-state index contributed by atoms with van der Waals surface area (Å²) in [6, 6.07) is 9.26. The summed E-state index contributed by atoms with van der Waals surface area (Å²) in [5.74, 6) is -1.33. The standard InChI is InChI=1S/C11H10N4O3S/c12-11-13-9(15-19-11)8(10(16)17)14-18-6-7-4-2-1-3-5-7/h1-5H,6H2,(H,16,17)(H2,12,13,15). The summed E-state index contributed by atoms with van der Waals surface area (Å²) in [4.78, 5) is 19.8. The maximum Gasteiger partial charge on any atom is 0.362 e. The number of oxime groups is 1. The first kappa shape index (κ1) is 13.0. The molecule has 1 aromatic heterocycles. The van der Waals surface area contributed by atoms with Gasteiger partial charge in [0.2, 0.25) is 11.5 Å². The van der Waals surface area contributed by atoms with Gasteiger partial charge in [-0.15, -0.1) is 0 Å². The Bertz CT molecular complexity index is 597. The lowest BCUT2D eigenvalue weighted by Gasteiger charge is -2.00. The molecule has 0 spiro atoms. The van der Waals surface area contributed by atoms with Crippen LogP contribution in [0.25, 0.3) is 0 Å². The number of benzene rings is 1. The molecule has 2 aromatic rings. The quantitative estimate of drug-likeness (QED) is 0.626. The lowest BCUT2D eigenvalue weighted by Crippen LogP contribution is -2.16. The zero-order valence-electron chi connectivity index (χ0n) is 9.68. The smallest absolute Gasteiger partial charge is 0.362 e. The number of carboxylic acids is 1. The Labute approximate surface area is 112 Å². The van der Waals surface area contributed by atoms with Gasteiger partial charge in [0.25, 0.3) is 0 Å². The minimum absolute atomic E-state index is 0.0527. The van der Waals surface area contributed by atoms with Crippen molar-refractivity contribution in [2.24, 2.45) is 5.16 Å². The van der Waals surface area contributed by atoms with Crippen LogP contribution in [0.15, 0.2) is 35.5 Å². The normalized spacial score (nSPS) is 11.3. The number of rotatable bonds is 5. The minimum Gasteiger partial charge on any atom is -0.476 e. The average molecular weight is 278 g/mol. The third kappa shape index (κ3) is 3.49. The van der Waals surface area contributed by atoms with E-state index in [2.05, 4.69) is 14.5 Å². The summed E-state index contributed by atoms with van der Waals surface area (Å²) < 4.78 is 3.78. The number of anilines is 1. The van der Waals surface area contributed by atoms with E-state index in [-0.39, 0.29) is 23.3 Å². The second-order valence-corrected chi connectivity index (χ2v) is 4.24. The summed E-state index contributed by atoms with van der Waals surface area (Å²) in [5.41, 5.74) is 5.90. The van der Waals surface area contributed by atoms with Crippen LogP contribution in [-0.4, -0.2) is 26.1 Å². The topological polar surface area (TPSA) is 111 Å². The van der Waals surface area contributed by atoms with E-state index < -0.39 is 5.97 Å². The number of hydrogen-bond acceptors (Lipinski definition) is 7. The van der Waals surface area contributed by atoms with E-state index in [1.807, 2.05) is 30.3 Å². The van der Waals surface area contributed by atoms with Crippen molar-refractivity contribution in [2.75, 3.05) is 5.73 Å². The van der Waals surface area contributed by atoms with Crippen LogP contribution in [0, 0.1) is 0 Å². The summed E-state index contributed by atoms with van der Waals surface area (Å²) in [6.07, 6.45) is 0. The Hall–Kier alpha value is -2.48. The number of hydrogen-bond donors (Lipinski definition) is 2. The lowest BCUT2D eigenvalue weighted by atomic mass is 10.2. The van der Waals surface area contributed by atoms with Crippen LogP contribution in [0.5, 0.6) is 0 Å². The fourth-order valence-electron chi connectivity index (χ4n) is 1.25. The number of carboxylic acid groups (broad SMARTS) is 1. The van der Waals surface area contributed by atoms with Gasteiger partial charge >= 0.3 is 5.97 Å². The third-order valence-electron chi connectivity index (χ3n) is 2.09. The molecule has 0 aliphatic rings. The molecule has 0 unspecified atom stereocenters. The number of nitrogens with two attached hydrogens (primary N) is 1. The first-order valence-electron chi connectivity index (χ1n) is 5.23. The molecule has 0 aliphatic heterocycles. The van der Waals surface area contributed by atoms with Crippen LogP contribution in [0.1, 0.15) is 11.4 Å². The van der Waals surface area contributed by atoms with Gasteiger partial charge in [-0.1, -0.05) is 35.5 Å². The monoisotopic (exact) mass is 278 g/mol. The Morgan fingerprint density at radius 3 is 2.74 bits per heavy atom. The predicted molar refractivity (Wildman–Crippen MR) is 69.7 cm³/mol. The van der Waals surface area contributed by atoms with Crippen molar-refractivity contribution >= 4 is 28.3 Å². The van der Waals surface area contributed by atoms with Gasteiger partial charge in [0.05, 0.1) is 0 Å². The molecule has 0 saturated carbocycles. The molecule has 0 aliphatic carbocycles. The maximum atomic E-state index is 11.0. The van der Waals surface area contributed by atoms with E-state index >= 15 is 0 Å². The molecule has 2 rings (SSSR count). The minimum atomic E-state index is -1.27. The molecule has 0 saturated heterocycles. The molecule has 0 fully saturated rings. The molecule has 1 aromatic carbocycles. The van der Waals surface area contributed by atoms with Crippen molar-refractivity contribution in [1.29, 1.82) is 0 Å². The SMILES string of the molecule is Nc1nc(C(=NOCc2ccccc2)C(=O)O)ns1. The van der Waals surface area contributed by atoms with Crippen LogP contribution in [0.4, 0.5) is 5.13 Å². The Morgan fingerprint density at radius 1 is 1.42 bits per heavy atom. The number of aliphatic carboxylic acids is 1. The second-order valence-electron chi connectivity index (χ2n) is 3.46. The van der Waals surface area contributed by atoms with Crippen molar-refractivity contribution in [2.45, 2.75) is 6.61 Å². The van der Waals surface area contributed by atoms with Gasteiger partial charge in [-0.05, 0) is 5.56 Å². The van der Waals surface area contributed by atoms with E-state index in [1.165, 1.54) is 0 Å². The zero-order chi connectivity index (χ0) is 13.7. The Morgan fingerprint density at radius 2 is 2.16 bits per heavy atom. The second kappa shape index (κ2) is 5.91. The van der Waals surface area contributed by atoms with Crippen molar-refractivity contribution in [3.8, 4) is 0 Å². The van der Waals surface area contributed by atoms with Crippen LogP contribution in [0.3, 0.4) is 0 Å². The van der Waals surface area contributed by atoms with E-state index in [1.54, 1.807) is 0 Å². The van der Waals surface area contributed by atoms with Gasteiger partial charge in [0.15, 0.2) is 5.13 Å². The molecule has 7 nitrogen and oxygen atoms in total. The van der Waals surface area contributed by atoms with Crippen LogP contribution in [-0.2, 0) is 16.2 Å². The zero-order valence-corrected chi connectivity index (χ0v) is 10.5. The van der Waals surface area contributed by atoms with Crippen LogP contribution in [0.2, 0.25) is 0 Å². The number of nitrogens with zero attached hydrogens (tertiary/aromatic N) is 3. The number of nitrogen functional groups attached to an aromatic ring is 1. The molecule has 8 heteroatoms. The molecule has 19 heavy (non-hydrogen) atoms. The van der Waals surface area contributed by atoms with Crippen molar-refractivity contribution in [1.82, 2.24) is 9.36 Å². The van der Waals surface area contributed by atoms with E-state index in [4.69, 9.17) is 15.7 Å². The van der Waals surface area contributed by atoms with Gasteiger partial charge in [0, 0.05) is 11.5 Å². The highest BCUT2D eigenvalue weighted by Gasteiger charge is 2.18. The van der Waals surface area contributed by atoms with Gasteiger partial charge < -0.3 is 15.7 Å². The van der Waals surface area contributed by atoms with Gasteiger partial charge in [-0.3, -0.25) is 0 Å². The molecule has 1 heterocycles. The van der Waals surface area contributed by atoms with Gasteiger partial charge in [-0.25, -0.2) is 4.79 Å². The summed E-state index contributed by atoms with van der Waals surface area (Å²) in [7, 11) is 0. The molecule has 0 atom stereocenters. The Kier molecular flexibility index (Phi) is 4.04. The first-order valence-corrected chi connectivity index (χ1v) is 6.01. The lowest BCUT2D eigenvalue weighted by molar-refractivity contribution is -0.129. The highest BCUT2D eigenvalue weighted by Crippen LogP contribution is 2.08. The van der Waals surface area contributed by atoms with Crippen LogP contribution >= 0.6 is 11.5 Å².